The Hall–Kier alpha value is -0.360. The lowest BCUT2D eigenvalue weighted by molar-refractivity contribution is -0.133. The Kier molecular flexibility index (Phi) is 6.80. The molecule has 0 radical (unpaired) electrons. The molecule has 2 N–H and O–H groups in total. The lowest BCUT2D eigenvalue weighted by atomic mass is 10.2. The van der Waals surface area contributed by atoms with Crippen LogP contribution in [0.4, 0.5) is 0 Å². The van der Waals surface area contributed by atoms with Gasteiger partial charge in [0.1, 0.15) is 0 Å². The summed E-state index contributed by atoms with van der Waals surface area (Å²) in [6, 6.07) is 0.289. The van der Waals surface area contributed by atoms with Gasteiger partial charge in [0.25, 0.3) is 0 Å². The number of hydrogen-bond acceptors (Lipinski definition) is 4. The summed E-state index contributed by atoms with van der Waals surface area (Å²) in [4.78, 5) is 21.8. The van der Waals surface area contributed by atoms with Gasteiger partial charge in [0.2, 0.25) is 5.91 Å². The van der Waals surface area contributed by atoms with Gasteiger partial charge in [0.15, 0.2) is 0 Å². The molecule has 4 nitrogen and oxygen atoms in total. The molecule has 17 heavy (non-hydrogen) atoms. The maximum Gasteiger partial charge on any atom is 0.313 e. The fourth-order valence-corrected chi connectivity index (χ4v) is 3.65. The first-order chi connectivity index (χ1) is 8.11. The Morgan fingerprint density at radius 3 is 2.76 bits per heavy atom. The van der Waals surface area contributed by atoms with Gasteiger partial charge >= 0.3 is 5.97 Å². The molecule has 0 aliphatic heterocycles. The Balaban J connectivity index is 2.13. The van der Waals surface area contributed by atoms with Crippen LogP contribution in [0, 0.1) is 0 Å². The Bertz CT molecular complexity index is 273. The van der Waals surface area contributed by atoms with Crippen LogP contribution in [0.1, 0.15) is 26.2 Å². The molecular formula is C11H19NO3S2. The highest BCUT2D eigenvalue weighted by Gasteiger charge is 2.25. The van der Waals surface area contributed by atoms with Crippen molar-refractivity contribution in [1.82, 2.24) is 5.32 Å². The Labute approximate surface area is 110 Å². The molecule has 98 valence electrons. The molecule has 6 heteroatoms. The van der Waals surface area contributed by atoms with Gasteiger partial charge in [-0.15, -0.1) is 11.8 Å². The van der Waals surface area contributed by atoms with E-state index in [-0.39, 0.29) is 23.5 Å². The number of aliphatic carboxylic acids is 1. The first kappa shape index (κ1) is 14.7. The van der Waals surface area contributed by atoms with E-state index in [2.05, 4.69) is 12.2 Å². The SMILES string of the molecule is CCSC1CCC(NC(=O)CSCC(=O)O)C1. The van der Waals surface area contributed by atoms with E-state index in [0.29, 0.717) is 5.25 Å². The van der Waals surface area contributed by atoms with Crippen molar-refractivity contribution in [3.63, 3.8) is 0 Å². The van der Waals surface area contributed by atoms with E-state index < -0.39 is 5.97 Å². The van der Waals surface area contributed by atoms with Crippen molar-refractivity contribution in [3.05, 3.63) is 0 Å². The van der Waals surface area contributed by atoms with Crippen LogP contribution in [-0.2, 0) is 9.59 Å². The van der Waals surface area contributed by atoms with Crippen molar-refractivity contribution < 1.29 is 14.7 Å². The maximum atomic E-state index is 11.5. The normalized spacial score (nSPS) is 23.6. The number of thioether (sulfide) groups is 2. The lowest BCUT2D eigenvalue weighted by Crippen LogP contribution is -2.34. The number of amides is 1. The molecule has 1 saturated carbocycles. The second-order valence-electron chi connectivity index (χ2n) is 4.04. The number of hydrogen-bond donors (Lipinski definition) is 2. The molecule has 1 aliphatic rings. The first-order valence-electron chi connectivity index (χ1n) is 5.82. The third-order valence-corrected chi connectivity index (χ3v) is 4.76. The fraction of sp³-hybridized carbons (Fsp3) is 0.818. The molecule has 0 bridgehead atoms. The van der Waals surface area contributed by atoms with Gasteiger partial charge in [-0.3, -0.25) is 9.59 Å². The van der Waals surface area contributed by atoms with E-state index in [1.807, 2.05) is 11.8 Å². The van der Waals surface area contributed by atoms with Crippen molar-refractivity contribution in [3.8, 4) is 0 Å². The van der Waals surface area contributed by atoms with Gasteiger partial charge < -0.3 is 10.4 Å². The van der Waals surface area contributed by atoms with Crippen LogP contribution in [0.15, 0.2) is 0 Å². The number of carbonyl (C=O) groups is 2. The number of nitrogens with one attached hydrogen (secondary N) is 1. The monoisotopic (exact) mass is 277 g/mol. The van der Waals surface area contributed by atoms with Crippen molar-refractivity contribution in [2.75, 3.05) is 17.3 Å². The van der Waals surface area contributed by atoms with Gasteiger partial charge in [-0.1, -0.05) is 6.92 Å². The van der Waals surface area contributed by atoms with Gasteiger partial charge in [-0.05, 0) is 25.0 Å². The predicted octanol–water partition coefficient (Wildman–Crippen LogP) is 1.59. The lowest BCUT2D eigenvalue weighted by Gasteiger charge is -2.12. The third-order valence-electron chi connectivity index (χ3n) is 2.61. The van der Waals surface area contributed by atoms with E-state index in [1.54, 1.807) is 0 Å². The summed E-state index contributed by atoms with van der Waals surface area (Å²) in [6.45, 7) is 2.15. The van der Waals surface area contributed by atoms with Crippen LogP contribution in [0.5, 0.6) is 0 Å². The second-order valence-corrected chi connectivity index (χ2v) is 6.60. The summed E-state index contributed by atoms with van der Waals surface area (Å²) in [6.07, 6.45) is 3.27. The van der Waals surface area contributed by atoms with Gasteiger partial charge in [0, 0.05) is 11.3 Å². The molecule has 0 saturated heterocycles. The zero-order valence-electron chi connectivity index (χ0n) is 9.98. The average Bonchev–Trinajstić information content (AvgIpc) is 2.65. The van der Waals surface area contributed by atoms with E-state index in [0.717, 1.165) is 30.4 Å². The standard InChI is InChI=1S/C11H19NO3S2/c1-2-17-9-4-3-8(5-9)12-10(13)6-16-7-11(14)15/h8-9H,2-7H2,1H3,(H,12,13)(H,14,15). The van der Waals surface area contributed by atoms with Crippen molar-refractivity contribution >= 4 is 35.4 Å². The molecule has 0 heterocycles. The van der Waals surface area contributed by atoms with Crippen molar-refractivity contribution in [2.45, 2.75) is 37.5 Å². The number of carboxylic acid groups (broad SMARTS) is 1. The Morgan fingerprint density at radius 2 is 2.12 bits per heavy atom. The molecule has 2 unspecified atom stereocenters. The molecule has 0 aromatic heterocycles. The summed E-state index contributed by atoms with van der Waals surface area (Å²) in [5.74, 6) is 0.451. The minimum absolute atomic E-state index is 0.00754. The smallest absolute Gasteiger partial charge is 0.313 e. The fourth-order valence-electron chi connectivity index (χ4n) is 1.96. The third kappa shape index (κ3) is 6.21. The topological polar surface area (TPSA) is 66.4 Å². The van der Waals surface area contributed by atoms with Gasteiger partial charge in [-0.2, -0.15) is 11.8 Å². The summed E-state index contributed by atoms with van der Waals surface area (Å²) >= 11 is 3.10. The maximum absolute atomic E-state index is 11.5. The molecule has 0 spiro atoms. The molecular weight excluding hydrogens is 258 g/mol. The zero-order valence-corrected chi connectivity index (χ0v) is 11.6. The highest BCUT2D eigenvalue weighted by Crippen LogP contribution is 2.29. The van der Waals surface area contributed by atoms with E-state index in [1.165, 1.54) is 6.42 Å². The first-order valence-corrected chi connectivity index (χ1v) is 8.02. The highest BCUT2D eigenvalue weighted by atomic mass is 32.2. The summed E-state index contributed by atoms with van der Waals surface area (Å²) in [5.41, 5.74) is 0. The highest BCUT2D eigenvalue weighted by molar-refractivity contribution is 8.00. The van der Waals surface area contributed by atoms with E-state index in [9.17, 15) is 9.59 Å². The zero-order chi connectivity index (χ0) is 12.7. The van der Waals surface area contributed by atoms with Crippen molar-refractivity contribution in [1.29, 1.82) is 0 Å². The molecule has 1 amide bonds. The summed E-state index contributed by atoms with van der Waals surface area (Å²) < 4.78 is 0. The second kappa shape index (κ2) is 7.87. The van der Waals surface area contributed by atoms with E-state index in [4.69, 9.17) is 5.11 Å². The van der Waals surface area contributed by atoms with Gasteiger partial charge in [-0.25, -0.2) is 0 Å². The van der Waals surface area contributed by atoms with E-state index >= 15 is 0 Å². The van der Waals surface area contributed by atoms with Crippen molar-refractivity contribution in [2.24, 2.45) is 0 Å². The molecule has 1 rings (SSSR count). The minimum Gasteiger partial charge on any atom is -0.481 e. The summed E-state index contributed by atoms with van der Waals surface area (Å²) in [5, 5.41) is 12.1. The van der Waals surface area contributed by atoms with Crippen LogP contribution >= 0.6 is 23.5 Å². The molecule has 0 aromatic rings. The quantitative estimate of drug-likeness (QED) is 0.740. The molecule has 0 aromatic carbocycles. The number of carbonyl (C=O) groups excluding carboxylic acids is 1. The van der Waals surface area contributed by atoms with Crippen LogP contribution in [0.25, 0.3) is 0 Å². The molecule has 1 fully saturated rings. The average molecular weight is 277 g/mol. The largest absolute Gasteiger partial charge is 0.481 e. The minimum atomic E-state index is -0.872. The predicted molar refractivity (Wildman–Crippen MR) is 72.7 cm³/mol. The number of carboxylic acids is 1. The van der Waals surface area contributed by atoms with Gasteiger partial charge in [0.05, 0.1) is 11.5 Å². The van der Waals surface area contributed by atoms with Crippen LogP contribution in [0.3, 0.4) is 0 Å². The molecule has 2 atom stereocenters. The van der Waals surface area contributed by atoms with Crippen LogP contribution in [-0.4, -0.2) is 45.5 Å². The van der Waals surface area contributed by atoms with Crippen LogP contribution < -0.4 is 5.32 Å². The van der Waals surface area contributed by atoms with Crippen LogP contribution in [0.2, 0.25) is 0 Å². The molecule has 1 aliphatic carbocycles. The Morgan fingerprint density at radius 1 is 1.35 bits per heavy atom. The number of rotatable bonds is 7. The summed E-state index contributed by atoms with van der Waals surface area (Å²) in [7, 11) is 0.